The first kappa shape index (κ1) is 28.3. The van der Waals surface area contributed by atoms with Gasteiger partial charge in [0.15, 0.2) is 11.5 Å². The van der Waals surface area contributed by atoms with Crippen molar-refractivity contribution in [1.29, 1.82) is 0 Å². The van der Waals surface area contributed by atoms with Gasteiger partial charge in [0, 0.05) is 42.3 Å². The molecule has 1 amide bonds. The predicted octanol–water partition coefficient (Wildman–Crippen LogP) is 5.67. The highest BCUT2D eigenvalue weighted by Crippen LogP contribution is 2.28. The highest BCUT2D eigenvalue weighted by Gasteiger charge is 2.24. The minimum absolute atomic E-state index is 0. The van der Waals surface area contributed by atoms with E-state index in [9.17, 15) is 13.6 Å². The average Bonchev–Trinajstić information content (AvgIpc) is 3.34. The van der Waals surface area contributed by atoms with Crippen LogP contribution in [0.5, 0.6) is 5.75 Å². The van der Waals surface area contributed by atoms with E-state index in [2.05, 4.69) is 20.0 Å². The molecule has 3 heterocycles. The zero-order valence-corrected chi connectivity index (χ0v) is 22.3. The molecule has 11 heteroatoms. The van der Waals surface area contributed by atoms with Crippen LogP contribution in [-0.4, -0.2) is 51.4 Å². The van der Waals surface area contributed by atoms with Gasteiger partial charge in [-0.2, -0.15) is 8.78 Å². The molecule has 0 spiro atoms. The predicted molar refractivity (Wildman–Crippen MR) is 149 cm³/mol. The van der Waals surface area contributed by atoms with E-state index in [1.54, 1.807) is 30.7 Å². The number of aryl methyl sites for hydroxylation is 1. The fourth-order valence-electron chi connectivity index (χ4n) is 4.98. The number of piperidine rings is 1. The van der Waals surface area contributed by atoms with E-state index in [-0.39, 0.29) is 24.1 Å². The van der Waals surface area contributed by atoms with Gasteiger partial charge in [-0.25, -0.2) is 9.97 Å². The summed E-state index contributed by atoms with van der Waals surface area (Å²) in [5.74, 6) is 1.31. The fourth-order valence-corrected chi connectivity index (χ4v) is 4.98. The van der Waals surface area contributed by atoms with Gasteiger partial charge >= 0.3 is 6.61 Å². The number of benzene rings is 2. The second-order valence-electron chi connectivity index (χ2n) is 9.48. The van der Waals surface area contributed by atoms with E-state index < -0.39 is 6.61 Å². The quantitative estimate of drug-likeness (QED) is 0.290. The number of carbonyl (C=O) groups excluding carboxylic acids is 1. The Morgan fingerprint density at radius 2 is 1.90 bits per heavy atom. The summed E-state index contributed by atoms with van der Waals surface area (Å²) < 4.78 is 31.2. The number of halogens is 3. The number of likely N-dealkylation sites (tertiary alicyclic amines) is 1. The molecule has 1 saturated heterocycles. The lowest BCUT2D eigenvalue weighted by Gasteiger charge is -2.32. The summed E-state index contributed by atoms with van der Waals surface area (Å²) in [7, 11) is 0. The van der Waals surface area contributed by atoms with Crippen molar-refractivity contribution < 1.29 is 18.3 Å². The van der Waals surface area contributed by atoms with E-state index in [1.165, 1.54) is 12.1 Å². The SMILES string of the molecule is Cc1cc(Nc2nccn3c(-c4ccc(OC(F)F)cc4)cnc23)ccc1C(=O)N1CCC(CCN)CC1.Cl. The second-order valence-corrected chi connectivity index (χ2v) is 9.48. The number of hydrogen-bond donors (Lipinski definition) is 2. The van der Waals surface area contributed by atoms with Crippen molar-refractivity contribution in [3.63, 3.8) is 0 Å². The van der Waals surface area contributed by atoms with Crippen LogP contribution in [0.2, 0.25) is 0 Å². The Morgan fingerprint density at radius 1 is 1.15 bits per heavy atom. The van der Waals surface area contributed by atoms with Gasteiger partial charge in [0.1, 0.15) is 5.75 Å². The summed E-state index contributed by atoms with van der Waals surface area (Å²) in [5.41, 5.74) is 10.2. The van der Waals surface area contributed by atoms with Gasteiger partial charge in [0.05, 0.1) is 11.9 Å². The molecular weight excluding hydrogens is 526 g/mol. The maximum Gasteiger partial charge on any atom is 0.387 e. The third kappa shape index (κ3) is 6.29. The van der Waals surface area contributed by atoms with Gasteiger partial charge in [-0.3, -0.25) is 9.20 Å². The Labute approximate surface area is 231 Å². The number of imidazole rings is 1. The molecule has 0 bridgehead atoms. The molecular formula is C28H31ClF2N6O2. The van der Waals surface area contributed by atoms with Crippen molar-refractivity contribution >= 4 is 35.5 Å². The fraction of sp³-hybridized carbons (Fsp3) is 0.321. The lowest BCUT2D eigenvalue weighted by molar-refractivity contribution is -0.0498. The molecule has 0 unspecified atom stereocenters. The van der Waals surface area contributed by atoms with E-state index in [0.29, 0.717) is 29.5 Å². The maximum atomic E-state index is 13.2. The minimum Gasteiger partial charge on any atom is -0.435 e. The molecule has 8 nitrogen and oxygen atoms in total. The normalized spacial score (nSPS) is 13.9. The van der Waals surface area contributed by atoms with Gasteiger partial charge in [0.2, 0.25) is 0 Å². The van der Waals surface area contributed by atoms with Crippen LogP contribution in [0.4, 0.5) is 20.3 Å². The van der Waals surface area contributed by atoms with Crippen LogP contribution in [0.25, 0.3) is 16.9 Å². The highest BCUT2D eigenvalue weighted by molar-refractivity contribution is 5.96. The van der Waals surface area contributed by atoms with Crippen molar-refractivity contribution in [3.8, 4) is 17.0 Å². The maximum absolute atomic E-state index is 13.2. The Kier molecular flexibility index (Phi) is 8.98. The van der Waals surface area contributed by atoms with Gasteiger partial charge < -0.3 is 20.7 Å². The van der Waals surface area contributed by atoms with E-state index >= 15 is 0 Å². The molecule has 2 aromatic heterocycles. The number of aromatic nitrogens is 3. The number of rotatable bonds is 8. The second kappa shape index (κ2) is 12.4. The first-order valence-electron chi connectivity index (χ1n) is 12.7. The Balaban J connectivity index is 0.00000353. The lowest BCUT2D eigenvalue weighted by Crippen LogP contribution is -2.39. The van der Waals surface area contributed by atoms with Crippen molar-refractivity contribution in [3.05, 3.63) is 72.2 Å². The minimum atomic E-state index is -2.87. The number of hydrogen-bond acceptors (Lipinski definition) is 6. The van der Waals surface area contributed by atoms with Crippen LogP contribution in [0.15, 0.2) is 61.1 Å². The lowest BCUT2D eigenvalue weighted by atomic mass is 9.93. The zero-order valence-electron chi connectivity index (χ0n) is 21.5. The third-order valence-electron chi connectivity index (χ3n) is 7.00. The van der Waals surface area contributed by atoms with E-state index in [4.69, 9.17) is 5.73 Å². The molecule has 0 radical (unpaired) electrons. The van der Waals surface area contributed by atoms with Crippen molar-refractivity contribution in [1.82, 2.24) is 19.3 Å². The van der Waals surface area contributed by atoms with Crippen LogP contribution in [-0.2, 0) is 0 Å². The van der Waals surface area contributed by atoms with Gasteiger partial charge in [-0.15, -0.1) is 12.4 Å². The molecule has 5 rings (SSSR count). The molecule has 0 atom stereocenters. The van der Waals surface area contributed by atoms with Crippen molar-refractivity contribution in [2.45, 2.75) is 32.8 Å². The molecule has 4 aromatic rings. The number of alkyl halides is 2. The van der Waals surface area contributed by atoms with Crippen LogP contribution < -0.4 is 15.8 Å². The van der Waals surface area contributed by atoms with Crippen LogP contribution in [0, 0.1) is 12.8 Å². The summed E-state index contributed by atoms with van der Waals surface area (Å²) in [6.07, 6.45) is 8.16. The number of fused-ring (bicyclic) bond motifs is 1. The molecule has 1 fully saturated rings. The molecule has 2 aromatic carbocycles. The van der Waals surface area contributed by atoms with Crippen molar-refractivity contribution in [2.24, 2.45) is 11.7 Å². The van der Waals surface area contributed by atoms with Crippen molar-refractivity contribution in [2.75, 3.05) is 25.0 Å². The van der Waals surface area contributed by atoms with Crippen LogP contribution >= 0.6 is 12.4 Å². The molecule has 3 N–H and O–H groups in total. The van der Waals surface area contributed by atoms with Crippen LogP contribution in [0.1, 0.15) is 35.2 Å². The smallest absolute Gasteiger partial charge is 0.387 e. The highest BCUT2D eigenvalue weighted by atomic mass is 35.5. The molecule has 39 heavy (non-hydrogen) atoms. The number of amides is 1. The number of ether oxygens (including phenoxy) is 1. The van der Waals surface area contributed by atoms with E-state index in [1.807, 2.05) is 34.4 Å². The molecule has 1 aliphatic rings. The zero-order chi connectivity index (χ0) is 26.6. The standard InChI is InChI=1S/C28H30F2N6O2.ClH/c1-18-16-21(4-7-23(18)27(37)35-13-9-19(8-11-31)10-14-35)34-25-26-33-17-24(36(26)15-12-32-25)20-2-5-22(6-3-20)38-28(29)30;/h2-7,12,15-17,19,28H,8-11,13-14,31H2,1H3,(H,32,34);1H. The number of nitrogens with one attached hydrogen (secondary N) is 1. The Morgan fingerprint density at radius 3 is 2.56 bits per heavy atom. The van der Waals surface area contributed by atoms with Gasteiger partial charge in [0.25, 0.3) is 5.91 Å². The van der Waals surface area contributed by atoms with Crippen LogP contribution in [0.3, 0.4) is 0 Å². The Bertz CT molecular complexity index is 1420. The Hall–Kier alpha value is -3.76. The van der Waals surface area contributed by atoms with Gasteiger partial charge in [-0.1, -0.05) is 0 Å². The number of nitrogens with two attached hydrogens (primary N) is 1. The first-order chi connectivity index (χ1) is 18.4. The molecule has 0 aliphatic carbocycles. The summed E-state index contributed by atoms with van der Waals surface area (Å²) >= 11 is 0. The number of nitrogens with zero attached hydrogens (tertiary/aromatic N) is 4. The third-order valence-corrected chi connectivity index (χ3v) is 7.00. The molecule has 1 aliphatic heterocycles. The average molecular weight is 557 g/mol. The topological polar surface area (TPSA) is 97.8 Å². The molecule has 206 valence electrons. The number of anilines is 2. The first-order valence-corrected chi connectivity index (χ1v) is 12.7. The summed E-state index contributed by atoms with van der Waals surface area (Å²) in [4.78, 5) is 24.1. The largest absolute Gasteiger partial charge is 0.435 e. The molecule has 0 saturated carbocycles. The summed E-state index contributed by atoms with van der Waals surface area (Å²) in [6, 6.07) is 12.1. The number of carbonyl (C=O) groups is 1. The summed E-state index contributed by atoms with van der Waals surface area (Å²) in [6.45, 7) is 1.29. The monoisotopic (exact) mass is 556 g/mol. The van der Waals surface area contributed by atoms with E-state index in [0.717, 1.165) is 54.9 Å². The van der Waals surface area contributed by atoms with Gasteiger partial charge in [-0.05, 0) is 86.7 Å². The summed E-state index contributed by atoms with van der Waals surface area (Å²) in [5, 5.41) is 3.31.